The summed E-state index contributed by atoms with van der Waals surface area (Å²) in [5.74, 6) is 0.0849. The molecular weight excluding hydrogens is 325 g/mol. The van der Waals surface area contributed by atoms with Crippen LogP contribution in [0.25, 0.3) is 0 Å². The van der Waals surface area contributed by atoms with Gasteiger partial charge in [0.25, 0.3) is 0 Å². The highest BCUT2D eigenvalue weighted by Gasteiger charge is 2.28. The zero-order chi connectivity index (χ0) is 16.3. The fraction of sp³-hybridized carbons (Fsp3) is 0.467. The van der Waals surface area contributed by atoms with Crippen LogP contribution in [0.1, 0.15) is 20.3 Å². The highest BCUT2D eigenvalue weighted by molar-refractivity contribution is 6.35. The first-order valence-electron chi connectivity index (χ1n) is 7.12. The van der Waals surface area contributed by atoms with E-state index in [1.165, 1.54) is 4.90 Å². The molecule has 1 aromatic carbocycles. The average Bonchev–Trinajstić information content (AvgIpc) is 2.39. The molecule has 0 bridgehead atoms. The average molecular weight is 344 g/mol. The molecule has 0 spiro atoms. The van der Waals surface area contributed by atoms with Gasteiger partial charge in [0.2, 0.25) is 11.8 Å². The van der Waals surface area contributed by atoms with Gasteiger partial charge in [-0.1, -0.05) is 37.0 Å². The minimum atomic E-state index is -0.281. The minimum absolute atomic E-state index is 0.000775. The predicted molar refractivity (Wildman–Crippen MR) is 88.1 cm³/mol. The van der Waals surface area contributed by atoms with Crippen molar-refractivity contribution in [3.05, 3.63) is 28.2 Å². The first-order chi connectivity index (χ1) is 10.3. The zero-order valence-corrected chi connectivity index (χ0v) is 14.0. The van der Waals surface area contributed by atoms with Crippen LogP contribution in [0, 0.1) is 5.92 Å². The summed E-state index contributed by atoms with van der Waals surface area (Å²) in [6, 6.07) is 4.97. The van der Waals surface area contributed by atoms with Gasteiger partial charge in [-0.15, -0.1) is 0 Å². The number of nitrogens with zero attached hydrogens (tertiary/aromatic N) is 1. The van der Waals surface area contributed by atoms with Crippen LogP contribution in [0.2, 0.25) is 10.0 Å². The maximum Gasteiger partial charge on any atom is 0.244 e. The van der Waals surface area contributed by atoms with Crippen molar-refractivity contribution in [1.29, 1.82) is 0 Å². The molecule has 1 fully saturated rings. The van der Waals surface area contributed by atoms with E-state index >= 15 is 0 Å². The minimum Gasteiger partial charge on any atom is -0.324 e. The third-order valence-electron chi connectivity index (χ3n) is 3.58. The van der Waals surface area contributed by atoms with Crippen LogP contribution in [0.4, 0.5) is 5.69 Å². The fourth-order valence-corrected chi connectivity index (χ4v) is 2.85. The molecule has 2 N–H and O–H groups in total. The number of carbonyl (C=O) groups excluding carboxylic acids is 2. The summed E-state index contributed by atoms with van der Waals surface area (Å²) in [6.07, 6.45) is 0.411. The maximum absolute atomic E-state index is 12.1. The van der Waals surface area contributed by atoms with E-state index in [1.807, 2.05) is 0 Å². The Morgan fingerprint density at radius 2 is 2.00 bits per heavy atom. The lowest BCUT2D eigenvalue weighted by Gasteiger charge is -2.34. The second-order valence-corrected chi connectivity index (χ2v) is 6.59. The number of amides is 2. The van der Waals surface area contributed by atoms with Crippen LogP contribution < -0.4 is 10.6 Å². The molecule has 1 aromatic rings. The highest BCUT2D eigenvalue weighted by Crippen LogP contribution is 2.22. The van der Waals surface area contributed by atoms with E-state index in [4.69, 9.17) is 23.2 Å². The molecule has 2 amide bonds. The summed E-state index contributed by atoms with van der Waals surface area (Å²) < 4.78 is 0. The van der Waals surface area contributed by atoms with Crippen molar-refractivity contribution in [3.8, 4) is 0 Å². The summed E-state index contributed by atoms with van der Waals surface area (Å²) in [7, 11) is 0. The third-order valence-corrected chi connectivity index (χ3v) is 4.01. The van der Waals surface area contributed by atoms with Crippen molar-refractivity contribution in [3.63, 3.8) is 0 Å². The van der Waals surface area contributed by atoms with Crippen molar-refractivity contribution < 1.29 is 9.59 Å². The van der Waals surface area contributed by atoms with E-state index in [0.717, 1.165) is 0 Å². The molecule has 1 unspecified atom stereocenters. The number of hydrogen-bond acceptors (Lipinski definition) is 3. The Balaban J connectivity index is 1.91. The number of carbonyl (C=O) groups is 2. The van der Waals surface area contributed by atoms with Crippen LogP contribution >= 0.6 is 23.2 Å². The molecule has 22 heavy (non-hydrogen) atoms. The second kappa shape index (κ2) is 7.31. The molecular formula is C15H19Cl2N3O2. The smallest absolute Gasteiger partial charge is 0.244 e. The summed E-state index contributed by atoms with van der Waals surface area (Å²) in [6.45, 7) is 4.51. The number of halogens is 2. The molecule has 5 nitrogen and oxygen atoms in total. The van der Waals surface area contributed by atoms with Crippen molar-refractivity contribution in [2.24, 2.45) is 5.92 Å². The Morgan fingerprint density at radius 1 is 1.36 bits per heavy atom. The van der Waals surface area contributed by atoms with Crippen molar-refractivity contribution in [2.45, 2.75) is 26.3 Å². The molecule has 0 saturated carbocycles. The van der Waals surface area contributed by atoms with Gasteiger partial charge in [-0.3, -0.25) is 14.9 Å². The van der Waals surface area contributed by atoms with Crippen molar-refractivity contribution >= 4 is 40.7 Å². The van der Waals surface area contributed by atoms with E-state index in [1.54, 1.807) is 18.2 Å². The largest absolute Gasteiger partial charge is 0.324 e. The normalized spacial score (nSPS) is 18.7. The number of hydrogen-bond donors (Lipinski definition) is 2. The van der Waals surface area contributed by atoms with Gasteiger partial charge in [0, 0.05) is 28.2 Å². The predicted octanol–water partition coefficient (Wildman–Crippen LogP) is 2.74. The van der Waals surface area contributed by atoms with Crippen LogP contribution in [-0.4, -0.2) is 36.0 Å². The van der Waals surface area contributed by atoms with Crippen LogP contribution in [-0.2, 0) is 9.59 Å². The quantitative estimate of drug-likeness (QED) is 0.883. The zero-order valence-electron chi connectivity index (χ0n) is 12.5. The lowest BCUT2D eigenvalue weighted by atomic mass is 9.99. The molecule has 1 saturated heterocycles. The summed E-state index contributed by atoms with van der Waals surface area (Å²) >= 11 is 11.8. The number of anilines is 1. The second-order valence-electron chi connectivity index (χ2n) is 5.71. The molecule has 1 aliphatic heterocycles. The van der Waals surface area contributed by atoms with Crippen LogP contribution in [0.5, 0.6) is 0 Å². The van der Waals surface area contributed by atoms with Gasteiger partial charge in [-0.25, -0.2) is 0 Å². The van der Waals surface area contributed by atoms with Crippen molar-refractivity contribution in [2.75, 3.05) is 18.5 Å². The molecule has 1 heterocycles. The topological polar surface area (TPSA) is 61.4 Å². The van der Waals surface area contributed by atoms with Crippen molar-refractivity contribution in [1.82, 2.24) is 10.2 Å². The number of rotatable bonds is 4. The first-order valence-corrected chi connectivity index (χ1v) is 7.88. The van der Waals surface area contributed by atoms with E-state index < -0.39 is 0 Å². The number of nitrogens with one attached hydrogen (secondary N) is 2. The molecule has 7 heteroatoms. The Labute approximate surface area is 139 Å². The Kier molecular flexibility index (Phi) is 5.67. The molecule has 1 atom stereocenters. The van der Waals surface area contributed by atoms with Gasteiger partial charge < -0.3 is 10.2 Å². The Hall–Kier alpha value is -1.30. The molecule has 0 radical (unpaired) electrons. The molecule has 1 aliphatic rings. The summed E-state index contributed by atoms with van der Waals surface area (Å²) in [5, 5.41) is 6.85. The van der Waals surface area contributed by atoms with Gasteiger partial charge in [0.15, 0.2) is 0 Å². The lowest BCUT2D eigenvalue weighted by Crippen LogP contribution is -2.54. The van der Waals surface area contributed by atoms with Gasteiger partial charge in [-0.05, 0) is 24.1 Å². The van der Waals surface area contributed by atoms with E-state index in [0.29, 0.717) is 34.7 Å². The van der Waals surface area contributed by atoms with Gasteiger partial charge >= 0.3 is 0 Å². The molecule has 0 aliphatic carbocycles. The highest BCUT2D eigenvalue weighted by atomic mass is 35.5. The first kappa shape index (κ1) is 17.1. The van der Waals surface area contributed by atoms with Gasteiger partial charge in [0.05, 0.1) is 6.67 Å². The number of benzene rings is 1. The van der Waals surface area contributed by atoms with E-state index in [9.17, 15) is 9.59 Å². The maximum atomic E-state index is 12.1. The summed E-state index contributed by atoms with van der Waals surface area (Å²) in [5.41, 5.74) is 0.514. The molecule has 0 aromatic heterocycles. The molecule has 2 rings (SSSR count). The Bertz CT molecular complexity index is 558. The van der Waals surface area contributed by atoms with Gasteiger partial charge in [-0.2, -0.15) is 0 Å². The van der Waals surface area contributed by atoms with Gasteiger partial charge in [0.1, 0.15) is 6.54 Å². The van der Waals surface area contributed by atoms with Crippen LogP contribution in [0.15, 0.2) is 18.2 Å². The fourth-order valence-electron chi connectivity index (χ4n) is 2.32. The van der Waals surface area contributed by atoms with Crippen LogP contribution in [0.3, 0.4) is 0 Å². The monoisotopic (exact) mass is 343 g/mol. The standard InChI is InChI=1S/C15H19Cl2N3O2/c1-9(2)13-6-15(22)20(8-18-13)7-14(21)19-12-4-10(16)3-11(17)5-12/h3-5,9,13,18H,6-8H2,1-2H3,(H,19,21). The summed E-state index contributed by atoms with van der Waals surface area (Å²) in [4.78, 5) is 25.6. The van der Waals surface area contributed by atoms with E-state index in [-0.39, 0.29) is 24.4 Å². The SMILES string of the molecule is CC(C)C1CC(=O)N(CC(=O)Nc2cc(Cl)cc(Cl)c2)CN1. The Morgan fingerprint density at radius 3 is 2.55 bits per heavy atom. The van der Waals surface area contributed by atoms with E-state index in [2.05, 4.69) is 24.5 Å². The third kappa shape index (κ3) is 4.60. The lowest BCUT2D eigenvalue weighted by molar-refractivity contribution is -0.138. The molecule has 120 valence electrons.